The molecular formula is C11H11ClN6. The maximum Gasteiger partial charge on any atom is 0.226 e. The lowest BCUT2D eigenvalue weighted by molar-refractivity contribution is 0.944. The fraction of sp³-hybridized carbons (Fsp3) is 0.182. The van der Waals surface area contributed by atoms with Gasteiger partial charge in [0.05, 0.1) is 5.39 Å². The molecule has 3 rings (SSSR count). The van der Waals surface area contributed by atoms with E-state index >= 15 is 0 Å². The summed E-state index contributed by atoms with van der Waals surface area (Å²) in [5, 5.41) is 11.2. The lowest BCUT2D eigenvalue weighted by Crippen LogP contribution is -1.98. The van der Waals surface area contributed by atoms with Gasteiger partial charge in [0.2, 0.25) is 5.28 Å². The van der Waals surface area contributed by atoms with E-state index in [1.54, 1.807) is 0 Å². The molecule has 0 amide bonds. The van der Waals surface area contributed by atoms with Gasteiger partial charge in [0.1, 0.15) is 11.5 Å². The zero-order valence-electron chi connectivity index (χ0n) is 9.90. The summed E-state index contributed by atoms with van der Waals surface area (Å²) < 4.78 is 1.89. The molecular weight excluding hydrogens is 252 g/mol. The molecule has 6 nitrogen and oxygen atoms in total. The fourth-order valence-electron chi connectivity index (χ4n) is 1.81. The lowest BCUT2D eigenvalue weighted by Gasteiger charge is -2.04. The Morgan fingerprint density at radius 2 is 2.22 bits per heavy atom. The highest BCUT2D eigenvalue weighted by atomic mass is 35.5. The molecule has 0 fully saturated rings. The first-order chi connectivity index (χ1) is 8.63. The van der Waals surface area contributed by atoms with Crippen molar-refractivity contribution in [3.05, 3.63) is 29.3 Å². The molecule has 0 aliphatic rings. The minimum Gasteiger partial charge on any atom is -0.335 e. The van der Waals surface area contributed by atoms with Crippen molar-refractivity contribution in [3.8, 4) is 0 Å². The highest BCUT2D eigenvalue weighted by Gasteiger charge is 2.10. The van der Waals surface area contributed by atoms with Gasteiger partial charge in [-0.1, -0.05) is 0 Å². The van der Waals surface area contributed by atoms with Crippen molar-refractivity contribution in [2.24, 2.45) is 7.05 Å². The number of nitrogens with one attached hydrogen (secondary N) is 2. The lowest BCUT2D eigenvalue weighted by atomic mass is 10.3. The molecule has 7 heteroatoms. The number of aromatic nitrogens is 5. The summed E-state index contributed by atoms with van der Waals surface area (Å²) in [4.78, 5) is 8.39. The quantitative estimate of drug-likeness (QED) is 0.696. The summed E-state index contributed by atoms with van der Waals surface area (Å²) in [5.41, 5.74) is 1.76. The predicted molar refractivity (Wildman–Crippen MR) is 70.1 cm³/mol. The van der Waals surface area contributed by atoms with Gasteiger partial charge in [-0.25, -0.2) is 0 Å². The number of halogens is 1. The van der Waals surface area contributed by atoms with Gasteiger partial charge in [-0.2, -0.15) is 15.1 Å². The number of aryl methyl sites for hydroxylation is 2. The van der Waals surface area contributed by atoms with Gasteiger partial charge in [-0.05, 0) is 24.6 Å². The molecule has 0 aromatic carbocycles. The van der Waals surface area contributed by atoms with Crippen LogP contribution in [0.2, 0.25) is 5.28 Å². The fourth-order valence-corrected chi connectivity index (χ4v) is 1.97. The number of H-pyrrole nitrogens is 1. The first-order valence-electron chi connectivity index (χ1n) is 5.41. The van der Waals surface area contributed by atoms with Crippen LogP contribution < -0.4 is 5.32 Å². The van der Waals surface area contributed by atoms with Gasteiger partial charge < -0.3 is 9.88 Å². The van der Waals surface area contributed by atoms with Crippen molar-refractivity contribution in [1.82, 2.24) is 24.7 Å². The largest absolute Gasteiger partial charge is 0.335 e. The van der Waals surface area contributed by atoms with Gasteiger partial charge >= 0.3 is 0 Å². The highest BCUT2D eigenvalue weighted by molar-refractivity contribution is 6.28. The molecule has 3 heterocycles. The van der Waals surface area contributed by atoms with Crippen LogP contribution in [0.4, 0.5) is 11.6 Å². The van der Waals surface area contributed by atoms with Gasteiger partial charge in [0, 0.05) is 25.0 Å². The number of hydrogen-bond donors (Lipinski definition) is 2. The minimum atomic E-state index is 0.207. The van der Waals surface area contributed by atoms with E-state index in [4.69, 9.17) is 11.6 Å². The van der Waals surface area contributed by atoms with Crippen molar-refractivity contribution in [2.75, 3.05) is 5.32 Å². The van der Waals surface area contributed by atoms with Crippen LogP contribution >= 0.6 is 11.6 Å². The maximum atomic E-state index is 5.92. The molecule has 0 spiro atoms. The van der Waals surface area contributed by atoms with E-state index in [2.05, 4.69) is 25.5 Å². The molecule has 0 atom stereocenters. The number of aromatic amines is 1. The van der Waals surface area contributed by atoms with Crippen molar-refractivity contribution < 1.29 is 0 Å². The average molecular weight is 263 g/mol. The summed E-state index contributed by atoms with van der Waals surface area (Å²) in [6.07, 6.45) is 1.91. The second-order valence-corrected chi connectivity index (χ2v) is 4.40. The standard InChI is InChI=1S/C11H11ClN6/c1-6-5-8(17-16-6)13-9-7-3-4-18(2)10(7)15-11(12)14-9/h3-5H,1-2H3,(H2,13,14,15,16,17). The number of fused-ring (bicyclic) bond motifs is 1. The first-order valence-corrected chi connectivity index (χ1v) is 5.79. The Bertz CT molecular complexity index is 713. The van der Waals surface area contributed by atoms with Crippen molar-refractivity contribution >= 4 is 34.3 Å². The second kappa shape index (κ2) is 3.99. The van der Waals surface area contributed by atoms with Crippen LogP contribution in [0.3, 0.4) is 0 Å². The third kappa shape index (κ3) is 1.80. The van der Waals surface area contributed by atoms with Crippen molar-refractivity contribution in [1.29, 1.82) is 0 Å². The Kier molecular flexibility index (Phi) is 2.45. The number of anilines is 2. The van der Waals surface area contributed by atoms with Crippen LogP contribution in [0.1, 0.15) is 5.69 Å². The topological polar surface area (TPSA) is 71.4 Å². The van der Waals surface area contributed by atoms with Crippen molar-refractivity contribution in [3.63, 3.8) is 0 Å². The van der Waals surface area contributed by atoms with Crippen LogP contribution in [0.25, 0.3) is 11.0 Å². The Balaban J connectivity index is 2.10. The summed E-state index contributed by atoms with van der Waals surface area (Å²) >= 11 is 5.92. The second-order valence-electron chi connectivity index (χ2n) is 4.07. The van der Waals surface area contributed by atoms with E-state index in [0.717, 1.165) is 16.7 Å². The summed E-state index contributed by atoms with van der Waals surface area (Å²) in [6.45, 7) is 1.93. The molecule has 0 radical (unpaired) electrons. The molecule has 18 heavy (non-hydrogen) atoms. The van der Waals surface area contributed by atoms with Crippen LogP contribution in [0, 0.1) is 6.92 Å². The monoisotopic (exact) mass is 262 g/mol. The third-order valence-electron chi connectivity index (χ3n) is 2.65. The average Bonchev–Trinajstić information content (AvgIpc) is 2.87. The summed E-state index contributed by atoms with van der Waals surface area (Å²) in [6, 6.07) is 3.83. The molecule has 0 saturated heterocycles. The van der Waals surface area contributed by atoms with Gasteiger partial charge in [-0.3, -0.25) is 5.10 Å². The Morgan fingerprint density at radius 3 is 2.94 bits per heavy atom. The zero-order valence-corrected chi connectivity index (χ0v) is 10.7. The van der Waals surface area contributed by atoms with Crippen molar-refractivity contribution in [2.45, 2.75) is 6.92 Å². The van der Waals surface area contributed by atoms with Gasteiger partial charge in [-0.15, -0.1) is 0 Å². The van der Waals surface area contributed by atoms with E-state index < -0.39 is 0 Å². The Labute approximate surface area is 108 Å². The molecule has 0 aliphatic carbocycles. The summed E-state index contributed by atoms with van der Waals surface area (Å²) in [7, 11) is 1.91. The normalized spacial score (nSPS) is 11.1. The van der Waals surface area contributed by atoms with Crippen LogP contribution in [-0.2, 0) is 7.05 Å². The number of hydrogen-bond acceptors (Lipinski definition) is 4. The van der Waals surface area contributed by atoms with Crippen LogP contribution in [0.5, 0.6) is 0 Å². The van der Waals surface area contributed by atoms with Gasteiger partial charge in [0.15, 0.2) is 5.82 Å². The molecule has 2 N–H and O–H groups in total. The molecule has 0 bridgehead atoms. The Morgan fingerprint density at radius 1 is 1.39 bits per heavy atom. The third-order valence-corrected chi connectivity index (χ3v) is 2.82. The SMILES string of the molecule is Cc1cc(Nc2nc(Cl)nc3c2ccn3C)n[nH]1. The molecule has 3 aromatic rings. The Hall–Kier alpha value is -2.08. The van der Waals surface area contributed by atoms with E-state index in [1.165, 1.54) is 0 Å². The molecule has 0 unspecified atom stereocenters. The highest BCUT2D eigenvalue weighted by Crippen LogP contribution is 2.25. The molecule has 0 aliphatic heterocycles. The van der Waals surface area contributed by atoms with Gasteiger partial charge in [0.25, 0.3) is 0 Å². The molecule has 92 valence electrons. The smallest absolute Gasteiger partial charge is 0.226 e. The number of nitrogens with zero attached hydrogens (tertiary/aromatic N) is 4. The number of rotatable bonds is 2. The first kappa shape index (κ1) is 11.0. The van der Waals surface area contributed by atoms with E-state index in [9.17, 15) is 0 Å². The van der Waals surface area contributed by atoms with Crippen LogP contribution in [-0.4, -0.2) is 24.7 Å². The van der Waals surface area contributed by atoms with Crippen LogP contribution in [0.15, 0.2) is 18.3 Å². The minimum absolute atomic E-state index is 0.207. The zero-order chi connectivity index (χ0) is 12.7. The summed E-state index contributed by atoms with van der Waals surface area (Å²) in [5.74, 6) is 1.35. The predicted octanol–water partition coefficient (Wildman–Crippen LogP) is 2.40. The molecule has 3 aromatic heterocycles. The van der Waals surface area contributed by atoms with E-state index in [-0.39, 0.29) is 5.28 Å². The van der Waals surface area contributed by atoms with E-state index in [1.807, 2.05) is 36.9 Å². The van der Waals surface area contributed by atoms with E-state index in [0.29, 0.717) is 11.6 Å². The maximum absolute atomic E-state index is 5.92. The molecule has 0 saturated carbocycles.